The normalized spacial score (nSPS) is 20.1. The second kappa shape index (κ2) is 10.8. The molecule has 0 spiro atoms. The summed E-state index contributed by atoms with van der Waals surface area (Å²) in [7, 11) is 6.05. The monoisotopic (exact) mass is 440 g/mol. The second-order valence-electron chi connectivity index (χ2n) is 9.13. The van der Waals surface area contributed by atoms with Crippen LogP contribution in [-0.2, 0) is 17.8 Å². The van der Waals surface area contributed by atoms with Crippen molar-refractivity contribution >= 4 is 11.6 Å². The van der Waals surface area contributed by atoms with E-state index in [0.717, 1.165) is 23.5 Å². The van der Waals surface area contributed by atoms with Crippen molar-refractivity contribution < 1.29 is 14.6 Å². The van der Waals surface area contributed by atoms with Crippen molar-refractivity contribution in [3.8, 4) is 5.75 Å². The van der Waals surface area contributed by atoms with Crippen LogP contribution in [0.3, 0.4) is 0 Å². The van der Waals surface area contributed by atoms with Crippen molar-refractivity contribution in [2.75, 3.05) is 45.7 Å². The Morgan fingerprint density at radius 2 is 1.94 bits per heavy atom. The number of amides is 1. The van der Waals surface area contributed by atoms with Crippen molar-refractivity contribution in [3.05, 3.63) is 53.9 Å². The van der Waals surface area contributed by atoms with Crippen LogP contribution < -0.4 is 9.64 Å². The molecule has 0 saturated carbocycles. The van der Waals surface area contributed by atoms with Crippen molar-refractivity contribution in [1.29, 1.82) is 0 Å². The van der Waals surface area contributed by atoms with Gasteiger partial charge < -0.3 is 19.6 Å². The summed E-state index contributed by atoms with van der Waals surface area (Å²) >= 11 is 0. The number of hydrogen-bond acceptors (Lipinski definition) is 6. The number of aliphatic hydroxyl groups is 1. The number of carbonyl (C=O) groups is 1. The van der Waals surface area contributed by atoms with E-state index in [2.05, 4.69) is 23.9 Å². The average molecular weight is 441 g/mol. The molecule has 0 bridgehead atoms. The molecular weight excluding hydrogens is 404 g/mol. The van der Waals surface area contributed by atoms with Gasteiger partial charge in [-0.2, -0.15) is 0 Å². The maximum Gasteiger partial charge on any atom is 0.227 e. The summed E-state index contributed by atoms with van der Waals surface area (Å²) < 4.78 is 6.57. The molecule has 1 aromatic heterocycles. The molecule has 0 unspecified atom stereocenters. The van der Waals surface area contributed by atoms with Gasteiger partial charge in [0.2, 0.25) is 5.91 Å². The maximum absolute atomic E-state index is 13.2. The third-order valence-corrected chi connectivity index (χ3v) is 6.11. The lowest BCUT2D eigenvalue weighted by atomic mass is 10.0. The predicted octanol–water partition coefficient (Wildman–Crippen LogP) is 2.43. The molecule has 1 aliphatic heterocycles. The highest BCUT2D eigenvalue weighted by Crippen LogP contribution is 2.30. The lowest BCUT2D eigenvalue weighted by Gasteiger charge is -2.34. The SMILES string of the molecule is C[C@H](CO)N1C[C@H](C)[C@@H](CN(C)Cc2ccncc2)Oc2ccc(N(C)C)cc2CC1=O. The van der Waals surface area contributed by atoms with E-state index in [1.54, 1.807) is 17.3 Å². The molecule has 0 aliphatic carbocycles. The second-order valence-corrected chi connectivity index (χ2v) is 9.13. The zero-order valence-corrected chi connectivity index (χ0v) is 19.9. The molecule has 1 amide bonds. The molecule has 3 atom stereocenters. The molecule has 2 heterocycles. The van der Waals surface area contributed by atoms with Gasteiger partial charge in [-0.05, 0) is 49.9 Å². The zero-order chi connectivity index (χ0) is 23.3. The molecule has 1 aliphatic rings. The average Bonchev–Trinajstić information content (AvgIpc) is 2.81. The van der Waals surface area contributed by atoms with Crippen LogP contribution in [0.15, 0.2) is 42.7 Å². The molecule has 7 nitrogen and oxygen atoms in total. The van der Waals surface area contributed by atoms with Gasteiger partial charge in [-0.1, -0.05) is 6.92 Å². The number of pyridine rings is 1. The van der Waals surface area contributed by atoms with E-state index >= 15 is 0 Å². The van der Waals surface area contributed by atoms with E-state index < -0.39 is 0 Å². The topological polar surface area (TPSA) is 69.1 Å². The zero-order valence-electron chi connectivity index (χ0n) is 19.9. The number of carbonyl (C=O) groups excluding carboxylic acids is 1. The van der Waals surface area contributed by atoms with Gasteiger partial charge in [-0.3, -0.25) is 14.7 Å². The van der Waals surface area contributed by atoms with Crippen LogP contribution in [0.1, 0.15) is 25.0 Å². The number of aliphatic hydroxyl groups excluding tert-OH is 1. The first-order chi connectivity index (χ1) is 15.3. The molecule has 0 saturated heterocycles. The molecule has 1 aromatic carbocycles. The number of ether oxygens (including phenoxy) is 1. The van der Waals surface area contributed by atoms with E-state index in [1.165, 1.54) is 5.56 Å². The van der Waals surface area contributed by atoms with Crippen LogP contribution in [0.5, 0.6) is 5.75 Å². The summed E-state index contributed by atoms with van der Waals surface area (Å²) in [6.45, 7) is 6.00. The Hall–Kier alpha value is -2.64. The highest BCUT2D eigenvalue weighted by molar-refractivity contribution is 5.80. The van der Waals surface area contributed by atoms with Crippen molar-refractivity contribution in [2.24, 2.45) is 5.92 Å². The largest absolute Gasteiger partial charge is 0.488 e. The molecule has 3 rings (SSSR count). The molecule has 1 N–H and O–H groups in total. The van der Waals surface area contributed by atoms with Crippen molar-refractivity contribution in [2.45, 2.75) is 39.0 Å². The Morgan fingerprint density at radius 3 is 2.59 bits per heavy atom. The Kier molecular flexibility index (Phi) is 8.10. The van der Waals surface area contributed by atoms with Crippen LogP contribution in [0.25, 0.3) is 0 Å². The summed E-state index contributed by atoms with van der Waals surface area (Å²) in [6, 6.07) is 9.84. The maximum atomic E-state index is 13.2. The first kappa shape index (κ1) is 24.0. The Bertz CT molecular complexity index is 890. The highest BCUT2D eigenvalue weighted by atomic mass is 16.5. The molecule has 0 fully saturated rings. The molecular formula is C25H36N4O3. The number of nitrogens with zero attached hydrogens (tertiary/aromatic N) is 4. The predicted molar refractivity (Wildman–Crippen MR) is 127 cm³/mol. The van der Waals surface area contributed by atoms with Crippen molar-refractivity contribution in [1.82, 2.24) is 14.8 Å². The molecule has 174 valence electrons. The fraction of sp³-hybridized carbons (Fsp3) is 0.520. The van der Waals surface area contributed by atoms with Crippen LogP contribution >= 0.6 is 0 Å². The summed E-state index contributed by atoms with van der Waals surface area (Å²) in [6.07, 6.45) is 3.76. The number of fused-ring (bicyclic) bond motifs is 1. The first-order valence-electron chi connectivity index (χ1n) is 11.2. The Balaban J connectivity index is 1.89. The van der Waals surface area contributed by atoms with Crippen LogP contribution in [0.2, 0.25) is 0 Å². The number of anilines is 1. The first-order valence-corrected chi connectivity index (χ1v) is 11.2. The molecule has 2 aromatic rings. The van der Waals surface area contributed by atoms with Gasteiger partial charge in [0, 0.05) is 63.3 Å². The van der Waals surface area contributed by atoms with E-state index in [-0.39, 0.29) is 37.0 Å². The summed E-state index contributed by atoms with van der Waals surface area (Å²) in [4.78, 5) is 23.4. The van der Waals surface area contributed by atoms with Crippen LogP contribution in [-0.4, -0.2) is 78.8 Å². The highest BCUT2D eigenvalue weighted by Gasteiger charge is 2.31. The van der Waals surface area contributed by atoms with E-state index in [4.69, 9.17) is 4.74 Å². The van der Waals surface area contributed by atoms with Gasteiger partial charge in [0.25, 0.3) is 0 Å². The molecule has 32 heavy (non-hydrogen) atoms. The van der Waals surface area contributed by atoms with Gasteiger partial charge in [0.1, 0.15) is 11.9 Å². The fourth-order valence-corrected chi connectivity index (χ4v) is 4.08. The quantitative estimate of drug-likeness (QED) is 0.713. The number of hydrogen-bond donors (Lipinski definition) is 1. The number of rotatable bonds is 7. The lowest BCUT2D eigenvalue weighted by Crippen LogP contribution is -2.47. The van der Waals surface area contributed by atoms with Gasteiger partial charge >= 0.3 is 0 Å². The number of benzene rings is 1. The van der Waals surface area contributed by atoms with E-state index in [9.17, 15) is 9.90 Å². The third kappa shape index (κ3) is 5.99. The van der Waals surface area contributed by atoms with Gasteiger partial charge in [-0.15, -0.1) is 0 Å². The minimum absolute atomic E-state index is 0.0185. The van der Waals surface area contributed by atoms with Crippen LogP contribution in [0.4, 0.5) is 5.69 Å². The van der Waals surface area contributed by atoms with E-state index in [0.29, 0.717) is 13.1 Å². The van der Waals surface area contributed by atoms with Gasteiger partial charge in [-0.25, -0.2) is 0 Å². The summed E-state index contributed by atoms with van der Waals surface area (Å²) in [5.41, 5.74) is 3.10. The molecule has 0 radical (unpaired) electrons. The molecule has 7 heteroatoms. The summed E-state index contributed by atoms with van der Waals surface area (Å²) in [5, 5.41) is 9.77. The van der Waals surface area contributed by atoms with E-state index in [1.807, 2.05) is 56.3 Å². The Labute approximate surface area is 191 Å². The van der Waals surface area contributed by atoms with Crippen LogP contribution in [0, 0.1) is 5.92 Å². The van der Waals surface area contributed by atoms with Gasteiger partial charge in [0.15, 0.2) is 0 Å². The smallest absolute Gasteiger partial charge is 0.227 e. The van der Waals surface area contributed by atoms with Gasteiger partial charge in [0.05, 0.1) is 19.1 Å². The minimum Gasteiger partial charge on any atom is -0.488 e. The lowest BCUT2D eigenvalue weighted by molar-refractivity contribution is -0.134. The minimum atomic E-state index is -0.237. The summed E-state index contributed by atoms with van der Waals surface area (Å²) in [5.74, 6) is 0.869. The standard InChI is InChI=1S/C25H36N4O3/c1-18-14-29(19(2)17-30)25(31)13-21-12-22(27(3)4)6-7-23(21)32-24(18)16-28(5)15-20-8-10-26-11-9-20/h6-12,18-19,24,30H,13-17H2,1-5H3/t18-,19+,24+/m0/s1. The number of aromatic nitrogens is 1. The fourth-order valence-electron chi connectivity index (χ4n) is 4.08. The Morgan fingerprint density at radius 1 is 1.22 bits per heavy atom. The van der Waals surface area contributed by atoms with Crippen molar-refractivity contribution in [3.63, 3.8) is 0 Å². The third-order valence-electron chi connectivity index (χ3n) is 6.11. The number of likely N-dealkylation sites (N-methyl/N-ethyl adjacent to an activating group) is 1.